The van der Waals surface area contributed by atoms with Gasteiger partial charge in [0, 0.05) is 18.2 Å². The molecule has 2 N–H and O–H groups in total. The minimum absolute atomic E-state index is 0.0518. The second-order valence-corrected chi connectivity index (χ2v) is 5.11. The molecule has 4 heteroatoms. The van der Waals surface area contributed by atoms with Gasteiger partial charge < -0.3 is 15.1 Å². The van der Waals surface area contributed by atoms with Crippen molar-refractivity contribution in [3.05, 3.63) is 23.8 Å². The fraction of sp³-hybridized carbons (Fsp3) is 0.533. The van der Waals surface area contributed by atoms with Gasteiger partial charge in [0.2, 0.25) is 0 Å². The minimum Gasteiger partial charge on any atom is -0.504 e. The highest BCUT2D eigenvalue weighted by molar-refractivity contribution is 5.95. The SMILES string of the molecule is CCC1CCCCCN1C(=O)c1ccc(O)c(O)c1. The lowest BCUT2D eigenvalue weighted by Crippen LogP contribution is -2.39. The Morgan fingerprint density at radius 2 is 2.05 bits per heavy atom. The van der Waals surface area contributed by atoms with Gasteiger partial charge in [-0.25, -0.2) is 0 Å². The smallest absolute Gasteiger partial charge is 0.254 e. The lowest BCUT2D eigenvalue weighted by molar-refractivity contribution is 0.0678. The van der Waals surface area contributed by atoms with Crippen molar-refractivity contribution in [3.8, 4) is 11.5 Å². The molecule has 0 radical (unpaired) electrons. The maximum Gasteiger partial charge on any atom is 0.254 e. The molecule has 1 fully saturated rings. The summed E-state index contributed by atoms with van der Waals surface area (Å²) in [5, 5.41) is 18.8. The molecule has 0 saturated carbocycles. The summed E-state index contributed by atoms with van der Waals surface area (Å²) in [6.45, 7) is 2.88. The van der Waals surface area contributed by atoms with E-state index in [4.69, 9.17) is 0 Å². The van der Waals surface area contributed by atoms with Crippen LogP contribution in [-0.2, 0) is 0 Å². The molecular weight excluding hydrogens is 242 g/mol. The summed E-state index contributed by atoms with van der Waals surface area (Å²) in [5.74, 6) is -0.489. The van der Waals surface area contributed by atoms with Gasteiger partial charge in [-0.1, -0.05) is 19.8 Å². The van der Waals surface area contributed by atoms with E-state index in [2.05, 4.69) is 6.92 Å². The van der Waals surface area contributed by atoms with Crippen LogP contribution < -0.4 is 0 Å². The van der Waals surface area contributed by atoms with E-state index in [0.29, 0.717) is 5.56 Å². The van der Waals surface area contributed by atoms with Crippen LogP contribution in [0.3, 0.4) is 0 Å². The van der Waals surface area contributed by atoms with Crippen LogP contribution in [0.2, 0.25) is 0 Å². The van der Waals surface area contributed by atoms with Gasteiger partial charge in [-0.3, -0.25) is 4.79 Å². The van der Waals surface area contributed by atoms with E-state index >= 15 is 0 Å². The summed E-state index contributed by atoms with van der Waals surface area (Å²) >= 11 is 0. The third kappa shape index (κ3) is 3.00. The number of benzene rings is 1. The summed E-state index contributed by atoms with van der Waals surface area (Å²) in [6.07, 6.45) is 5.37. The molecule has 1 unspecified atom stereocenters. The molecule has 1 amide bonds. The van der Waals surface area contributed by atoms with Gasteiger partial charge in [0.25, 0.3) is 5.91 Å². The summed E-state index contributed by atoms with van der Waals surface area (Å²) in [6, 6.07) is 4.55. The van der Waals surface area contributed by atoms with Crippen LogP contribution >= 0.6 is 0 Å². The number of hydrogen-bond acceptors (Lipinski definition) is 3. The molecule has 1 atom stereocenters. The monoisotopic (exact) mass is 263 g/mol. The molecule has 1 heterocycles. The second-order valence-electron chi connectivity index (χ2n) is 5.11. The number of aromatic hydroxyl groups is 2. The number of nitrogens with zero attached hydrogens (tertiary/aromatic N) is 1. The normalized spacial score (nSPS) is 20.1. The molecule has 0 aliphatic carbocycles. The number of likely N-dealkylation sites (tertiary alicyclic amines) is 1. The molecule has 1 aliphatic heterocycles. The molecule has 1 saturated heterocycles. The highest BCUT2D eigenvalue weighted by Gasteiger charge is 2.25. The van der Waals surface area contributed by atoms with Crippen molar-refractivity contribution in [1.82, 2.24) is 4.90 Å². The molecule has 0 bridgehead atoms. The Balaban J connectivity index is 2.22. The predicted molar refractivity (Wildman–Crippen MR) is 73.4 cm³/mol. The third-order valence-corrected chi connectivity index (χ3v) is 3.83. The van der Waals surface area contributed by atoms with Crippen LogP contribution in [-0.4, -0.2) is 33.6 Å². The van der Waals surface area contributed by atoms with Crippen molar-refractivity contribution in [2.75, 3.05) is 6.54 Å². The highest BCUT2D eigenvalue weighted by Crippen LogP contribution is 2.27. The van der Waals surface area contributed by atoms with E-state index in [9.17, 15) is 15.0 Å². The minimum atomic E-state index is -0.242. The van der Waals surface area contributed by atoms with E-state index in [1.807, 2.05) is 4.90 Å². The molecule has 1 aliphatic rings. The number of rotatable bonds is 2. The van der Waals surface area contributed by atoms with Gasteiger partial charge in [-0.2, -0.15) is 0 Å². The fourth-order valence-electron chi connectivity index (χ4n) is 2.69. The van der Waals surface area contributed by atoms with Gasteiger partial charge in [0.15, 0.2) is 11.5 Å². The largest absolute Gasteiger partial charge is 0.504 e. The Morgan fingerprint density at radius 3 is 2.74 bits per heavy atom. The number of carbonyl (C=O) groups is 1. The molecule has 1 aromatic carbocycles. The van der Waals surface area contributed by atoms with E-state index in [0.717, 1.165) is 25.8 Å². The standard InChI is InChI=1S/C15H21NO3/c1-2-12-6-4-3-5-9-16(12)15(19)11-7-8-13(17)14(18)10-11/h7-8,10,12,17-18H,2-6,9H2,1H3. The zero-order valence-corrected chi connectivity index (χ0v) is 11.3. The van der Waals surface area contributed by atoms with Crippen LogP contribution in [0.4, 0.5) is 0 Å². The van der Waals surface area contributed by atoms with Crippen LogP contribution in [0.15, 0.2) is 18.2 Å². The van der Waals surface area contributed by atoms with Gasteiger partial charge >= 0.3 is 0 Å². The van der Waals surface area contributed by atoms with Gasteiger partial charge in [0.05, 0.1) is 0 Å². The fourth-order valence-corrected chi connectivity index (χ4v) is 2.69. The van der Waals surface area contributed by atoms with Gasteiger partial charge in [-0.05, 0) is 37.5 Å². The number of phenolic OH excluding ortho intramolecular Hbond substituents is 2. The zero-order valence-electron chi connectivity index (χ0n) is 11.3. The van der Waals surface area contributed by atoms with Crippen LogP contribution in [0, 0.1) is 0 Å². The number of amides is 1. The molecule has 4 nitrogen and oxygen atoms in total. The summed E-state index contributed by atoms with van der Waals surface area (Å²) < 4.78 is 0. The Kier molecular flexibility index (Phi) is 4.30. The highest BCUT2D eigenvalue weighted by atomic mass is 16.3. The molecule has 0 aromatic heterocycles. The summed E-state index contributed by atoms with van der Waals surface area (Å²) in [7, 11) is 0. The first kappa shape index (κ1) is 13.7. The first-order valence-corrected chi connectivity index (χ1v) is 6.96. The first-order valence-electron chi connectivity index (χ1n) is 6.96. The quantitative estimate of drug-likeness (QED) is 0.806. The molecule has 1 aromatic rings. The maximum absolute atomic E-state index is 12.5. The van der Waals surface area contributed by atoms with E-state index in [1.165, 1.54) is 25.0 Å². The molecule has 19 heavy (non-hydrogen) atoms. The zero-order chi connectivity index (χ0) is 13.8. The average Bonchev–Trinajstić information content (AvgIpc) is 2.66. The Morgan fingerprint density at radius 1 is 1.26 bits per heavy atom. The van der Waals surface area contributed by atoms with Crippen molar-refractivity contribution in [2.24, 2.45) is 0 Å². The van der Waals surface area contributed by atoms with Crippen LogP contribution in [0.1, 0.15) is 49.4 Å². The molecule has 104 valence electrons. The summed E-state index contributed by atoms with van der Waals surface area (Å²) in [4.78, 5) is 14.4. The van der Waals surface area contributed by atoms with E-state index in [1.54, 1.807) is 6.07 Å². The van der Waals surface area contributed by atoms with Crippen molar-refractivity contribution in [3.63, 3.8) is 0 Å². The Bertz CT molecular complexity index is 459. The molecular formula is C15H21NO3. The van der Waals surface area contributed by atoms with Crippen molar-refractivity contribution < 1.29 is 15.0 Å². The van der Waals surface area contributed by atoms with E-state index in [-0.39, 0.29) is 23.4 Å². The number of carbonyl (C=O) groups excluding carboxylic acids is 1. The van der Waals surface area contributed by atoms with Gasteiger partial charge in [0.1, 0.15) is 0 Å². The molecule has 0 spiro atoms. The van der Waals surface area contributed by atoms with Crippen molar-refractivity contribution in [1.29, 1.82) is 0 Å². The number of phenols is 2. The topological polar surface area (TPSA) is 60.8 Å². The Hall–Kier alpha value is -1.71. The lowest BCUT2D eigenvalue weighted by Gasteiger charge is -2.29. The van der Waals surface area contributed by atoms with Crippen molar-refractivity contribution in [2.45, 2.75) is 45.1 Å². The maximum atomic E-state index is 12.5. The average molecular weight is 263 g/mol. The Labute approximate surface area is 113 Å². The van der Waals surface area contributed by atoms with Crippen LogP contribution in [0.25, 0.3) is 0 Å². The van der Waals surface area contributed by atoms with Gasteiger partial charge in [-0.15, -0.1) is 0 Å². The van der Waals surface area contributed by atoms with E-state index < -0.39 is 0 Å². The predicted octanol–water partition coefficient (Wildman–Crippen LogP) is 2.89. The first-order chi connectivity index (χ1) is 9.13. The molecule has 2 rings (SSSR count). The number of hydrogen-bond donors (Lipinski definition) is 2. The van der Waals surface area contributed by atoms with Crippen LogP contribution in [0.5, 0.6) is 11.5 Å². The third-order valence-electron chi connectivity index (χ3n) is 3.83. The lowest BCUT2D eigenvalue weighted by atomic mass is 10.1. The van der Waals surface area contributed by atoms with Crippen molar-refractivity contribution >= 4 is 5.91 Å². The summed E-state index contributed by atoms with van der Waals surface area (Å²) in [5.41, 5.74) is 0.440. The second kappa shape index (κ2) is 5.95.